The number of benzene rings is 1. The van der Waals surface area contributed by atoms with Crippen molar-refractivity contribution >= 4 is 29.0 Å². The number of amides is 1. The van der Waals surface area contributed by atoms with Crippen LogP contribution in [-0.4, -0.2) is 21.6 Å². The number of hydrogen-bond donors (Lipinski definition) is 1. The third-order valence-corrected chi connectivity index (χ3v) is 3.37. The summed E-state index contributed by atoms with van der Waals surface area (Å²) in [4.78, 5) is 25.5. The van der Waals surface area contributed by atoms with Crippen molar-refractivity contribution in [1.82, 2.24) is 4.98 Å². The molecule has 2 rings (SSSR count). The summed E-state index contributed by atoms with van der Waals surface area (Å²) >= 11 is 1.11. The number of pyridine rings is 1. The largest absolute Gasteiger partial charge is 0.323 e. The van der Waals surface area contributed by atoms with E-state index in [9.17, 15) is 19.3 Å². The van der Waals surface area contributed by atoms with Crippen molar-refractivity contribution in [2.75, 3.05) is 11.1 Å². The maximum atomic E-state index is 13.3. The second-order valence-corrected chi connectivity index (χ2v) is 4.92. The number of nitro groups is 1. The van der Waals surface area contributed by atoms with Crippen LogP contribution in [0.1, 0.15) is 0 Å². The summed E-state index contributed by atoms with van der Waals surface area (Å²) in [5.41, 5.74) is -0.00471. The van der Waals surface area contributed by atoms with Crippen LogP contribution in [0.3, 0.4) is 0 Å². The maximum Gasteiger partial charge on any atom is 0.287 e. The Kier molecular flexibility index (Phi) is 4.83. The van der Waals surface area contributed by atoms with Crippen molar-refractivity contribution in [2.45, 2.75) is 5.03 Å². The Bertz CT molecular complexity index is 664. The Morgan fingerprint density at radius 2 is 2.10 bits per heavy atom. The number of carbonyl (C=O) groups is 1. The van der Waals surface area contributed by atoms with Crippen molar-refractivity contribution in [3.63, 3.8) is 0 Å². The molecule has 0 aliphatic heterocycles. The van der Waals surface area contributed by atoms with Crippen LogP contribution < -0.4 is 5.32 Å². The lowest BCUT2D eigenvalue weighted by Gasteiger charge is -2.05. The smallest absolute Gasteiger partial charge is 0.287 e. The van der Waals surface area contributed by atoms with E-state index in [0.29, 0.717) is 5.03 Å². The third-order valence-electron chi connectivity index (χ3n) is 2.43. The zero-order valence-electron chi connectivity index (χ0n) is 10.7. The number of thioether (sulfide) groups is 1. The number of carbonyl (C=O) groups excluding carboxylic acids is 1. The molecule has 108 valence electrons. The molecule has 0 radical (unpaired) electrons. The molecule has 0 atom stereocenters. The van der Waals surface area contributed by atoms with Crippen LogP contribution in [0.15, 0.2) is 47.6 Å². The van der Waals surface area contributed by atoms with E-state index in [2.05, 4.69) is 10.3 Å². The van der Waals surface area contributed by atoms with Crippen molar-refractivity contribution < 1.29 is 14.1 Å². The van der Waals surface area contributed by atoms with Crippen LogP contribution in [0.4, 0.5) is 15.8 Å². The SMILES string of the molecule is O=C(CSc1ccc([N+](=O)[O-])cn1)Nc1ccccc1F. The van der Waals surface area contributed by atoms with Gasteiger partial charge in [-0.15, -0.1) is 0 Å². The Hall–Kier alpha value is -2.48. The van der Waals surface area contributed by atoms with Crippen LogP contribution >= 0.6 is 11.8 Å². The van der Waals surface area contributed by atoms with E-state index in [1.807, 2.05) is 0 Å². The van der Waals surface area contributed by atoms with Crippen molar-refractivity contribution in [3.05, 3.63) is 58.5 Å². The number of hydrogen-bond acceptors (Lipinski definition) is 5. The monoisotopic (exact) mass is 307 g/mol. The highest BCUT2D eigenvalue weighted by Crippen LogP contribution is 2.19. The molecule has 0 aliphatic carbocycles. The number of nitrogens with one attached hydrogen (secondary N) is 1. The Labute approximate surface area is 123 Å². The third kappa shape index (κ3) is 4.25. The normalized spacial score (nSPS) is 10.1. The molecule has 0 saturated heterocycles. The minimum absolute atomic E-state index is 0.0269. The van der Waals surface area contributed by atoms with Gasteiger partial charge in [0.2, 0.25) is 5.91 Å². The number of para-hydroxylation sites is 1. The molecule has 1 aromatic heterocycles. The topological polar surface area (TPSA) is 85.1 Å². The van der Waals surface area contributed by atoms with Gasteiger partial charge in [-0.3, -0.25) is 14.9 Å². The summed E-state index contributed by atoms with van der Waals surface area (Å²) < 4.78 is 13.3. The molecule has 0 aliphatic rings. The summed E-state index contributed by atoms with van der Waals surface area (Å²) in [7, 11) is 0. The molecule has 0 bridgehead atoms. The molecule has 0 fully saturated rings. The fourth-order valence-electron chi connectivity index (χ4n) is 1.45. The number of halogens is 1. The molecule has 0 unspecified atom stereocenters. The van der Waals surface area contributed by atoms with Crippen molar-refractivity contribution in [2.24, 2.45) is 0 Å². The first-order chi connectivity index (χ1) is 10.1. The molecule has 8 heteroatoms. The van der Waals surface area contributed by atoms with E-state index in [1.165, 1.54) is 30.3 Å². The molecule has 0 spiro atoms. The van der Waals surface area contributed by atoms with E-state index < -0.39 is 10.7 Å². The van der Waals surface area contributed by atoms with Crippen LogP contribution in [-0.2, 0) is 4.79 Å². The minimum atomic E-state index is -0.549. The average Bonchev–Trinajstić information content (AvgIpc) is 2.48. The van der Waals surface area contributed by atoms with E-state index in [4.69, 9.17) is 0 Å². The first-order valence-corrected chi connectivity index (χ1v) is 6.82. The van der Waals surface area contributed by atoms with Gasteiger partial charge < -0.3 is 5.32 Å². The second kappa shape index (κ2) is 6.80. The predicted molar refractivity (Wildman–Crippen MR) is 76.6 cm³/mol. The molecular weight excluding hydrogens is 297 g/mol. The predicted octanol–water partition coefficient (Wildman–Crippen LogP) is 2.86. The zero-order valence-corrected chi connectivity index (χ0v) is 11.5. The summed E-state index contributed by atoms with van der Waals surface area (Å²) in [5.74, 6) is -0.867. The Balaban J connectivity index is 1.89. The molecule has 6 nitrogen and oxygen atoms in total. The van der Waals surface area contributed by atoms with Crippen LogP contribution in [0, 0.1) is 15.9 Å². The van der Waals surface area contributed by atoms with E-state index >= 15 is 0 Å². The number of nitrogens with zero attached hydrogens (tertiary/aromatic N) is 2. The fourth-order valence-corrected chi connectivity index (χ4v) is 2.10. The van der Waals surface area contributed by atoms with E-state index in [0.717, 1.165) is 18.0 Å². The Morgan fingerprint density at radius 1 is 1.33 bits per heavy atom. The van der Waals surface area contributed by atoms with Crippen molar-refractivity contribution in [3.8, 4) is 0 Å². The van der Waals surface area contributed by atoms with Crippen molar-refractivity contribution in [1.29, 1.82) is 0 Å². The van der Waals surface area contributed by atoms with Gasteiger partial charge in [0.25, 0.3) is 5.69 Å². The van der Waals surface area contributed by atoms with Gasteiger partial charge in [0, 0.05) is 6.07 Å². The lowest BCUT2D eigenvalue weighted by Crippen LogP contribution is -2.15. The highest BCUT2D eigenvalue weighted by molar-refractivity contribution is 7.99. The Morgan fingerprint density at radius 3 is 2.71 bits per heavy atom. The van der Waals surface area contributed by atoms with Crippen LogP contribution in [0.5, 0.6) is 0 Å². The lowest BCUT2D eigenvalue weighted by molar-refractivity contribution is -0.385. The zero-order chi connectivity index (χ0) is 15.2. The van der Waals surface area contributed by atoms with Gasteiger partial charge in [-0.05, 0) is 18.2 Å². The molecular formula is C13H10FN3O3S. The number of aromatic nitrogens is 1. The van der Waals surface area contributed by atoms with Gasteiger partial charge in [0.1, 0.15) is 12.0 Å². The van der Waals surface area contributed by atoms with Crippen LogP contribution in [0.2, 0.25) is 0 Å². The van der Waals surface area contributed by atoms with Gasteiger partial charge >= 0.3 is 0 Å². The van der Waals surface area contributed by atoms with Gasteiger partial charge in [-0.2, -0.15) is 0 Å². The summed E-state index contributed by atoms with van der Waals surface area (Å²) in [5, 5.41) is 13.4. The minimum Gasteiger partial charge on any atom is -0.323 e. The van der Waals surface area contributed by atoms with E-state index in [-0.39, 0.29) is 23.0 Å². The molecule has 21 heavy (non-hydrogen) atoms. The average molecular weight is 307 g/mol. The van der Waals surface area contributed by atoms with Gasteiger partial charge in [0.15, 0.2) is 0 Å². The second-order valence-electron chi connectivity index (χ2n) is 3.93. The lowest BCUT2D eigenvalue weighted by atomic mass is 10.3. The molecule has 2 aromatic rings. The summed E-state index contributed by atoms with van der Waals surface area (Å²) in [6, 6.07) is 8.62. The first kappa shape index (κ1) is 14.9. The fraction of sp³-hybridized carbons (Fsp3) is 0.0769. The molecule has 1 heterocycles. The molecule has 1 N–H and O–H groups in total. The summed E-state index contributed by atoms with van der Waals surface area (Å²) in [6.07, 6.45) is 1.12. The van der Waals surface area contributed by atoms with Crippen LogP contribution in [0.25, 0.3) is 0 Å². The van der Waals surface area contributed by atoms with E-state index in [1.54, 1.807) is 6.07 Å². The number of anilines is 1. The van der Waals surface area contributed by atoms with Gasteiger partial charge in [-0.1, -0.05) is 23.9 Å². The first-order valence-electron chi connectivity index (χ1n) is 5.84. The van der Waals surface area contributed by atoms with Gasteiger partial charge in [-0.25, -0.2) is 9.37 Å². The highest BCUT2D eigenvalue weighted by Gasteiger charge is 2.09. The molecule has 1 amide bonds. The molecule has 1 aromatic carbocycles. The standard InChI is InChI=1S/C13H10FN3O3S/c14-10-3-1-2-4-11(10)16-12(18)8-21-13-6-5-9(7-15-13)17(19)20/h1-7H,8H2,(H,16,18). The summed E-state index contributed by atoms with van der Waals surface area (Å²) in [6.45, 7) is 0. The quantitative estimate of drug-likeness (QED) is 0.521. The number of rotatable bonds is 5. The molecule has 0 saturated carbocycles. The highest BCUT2D eigenvalue weighted by atomic mass is 32.2. The maximum absolute atomic E-state index is 13.3. The van der Waals surface area contributed by atoms with Gasteiger partial charge in [0.05, 0.1) is 21.4 Å².